The van der Waals surface area contributed by atoms with E-state index in [0.717, 1.165) is 17.2 Å². The lowest BCUT2D eigenvalue weighted by atomic mass is 10.2. The summed E-state index contributed by atoms with van der Waals surface area (Å²) in [5.74, 6) is 8.41. The van der Waals surface area contributed by atoms with E-state index in [0.29, 0.717) is 18.3 Å². The van der Waals surface area contributed by atoms with Gasteiger partial charge in [0.1, 0.15) is 17.5 Å². The minimum Gasteiger partial charge on any atom is -0.383 e. The molecule has 1 aromatic heterocycles. The number of rotatable bonds is 6. The number of anilines is 2. The molecule has 6 nitrogen and oxygen atoms in total. The molecule has 0 saturated heterocycles. The molecule has 100 valence electrons. The van der Waals surface area contributed by atoms with Gasteiger partial charge in [-0.05, 0) is 26.7 Å². The molecule has 0 aromatic carbocycles. The van der Waals surface area contributed by atoms with Gasteiger partial charge in [-0.15, -0.1) is 0 Å². The smallest absolute Gasteiger partial charge is 0.148 e. The molecule has 18 heavy (non-hydrogen) atoms. The van der Waals surface area contributed by atoms with Crippen LogP contribution in [0.15, 0.2) is 0 Å². The quantitative estimate of drug-likeness (QED) is 0.523. The van der Waals surface area contributed by atoms with Gasteiger partial charge in [-0.2, -0.15) is 0 Å². The average molecular weight is 251 g/mol. The molecular weight excluding hydrogens is 230 g/mol. The monoisotopic (exact) mass is 251 g/mol. The lowest BCUT2D eigenvalue weighted by molar-refractivity contribution is 0.190. The number of nitrogens with one attached hydrogen (secondary N) is 2. The number of nitrogens with two attached hydrogens (primary N) is 1. The summed E-state index contributed by atoms with van der Waals surface area (Å²) in [6.45, 7) is 4.64. The minimum atomic E-state index is 0.196. The van der Waals surface area contributed by atoms with Crippen LogP contribution in [0.4, 0.5) is 11.6 Å². The number of aromatic nitrogens is 2. The highest BCUT2D eigenvalue weighted by atomic mass is 16.5. The molecular formula is C12H21N5O. The first kappa shape index (κ1) is 13.0. The largest absolute Gasteiger partial charge is 0.383 e. The first-order chi connectivity index (χ1) is 8.65. The standard InChI is InChI=1S/C12H21N5O/c1-7(6-18-3)14-10-8(2)11(17-13)16-12(15-10)9-4-5-9/h7,9H,4-6,13H2,1-3H3,(H2,14,15,16,17). The van der Waals surface area contributed by atoms with Gasteiger partial charge in [-0.25, -0.2) is 15.8 Å². The van der Waals surface area contributed by atoms with Gasteiger partial charge >= 0.3 is 0 Å². The van der Waals surface area contributed by atoms with Crippen LogP contribution in [0.5, 0.6) is 0 Å². The van der Waals surface area contributed by atoms with Gasteiger partial charge in [0.05, 0.1) is 6.61 Å². The summed E-state index contributed by atoms with van der Waals surface area (Å²) >= 11 is 0. The number of ether oxygens (including phenoxy) is 1. The van der Waals surface area contributed by atoms with E-state index in [1.165, 1.54) is 12.8 Å². The Balaban J connectivity index is 2.23. The van der Waals surface area contributed by atoms with Crippen LogP contribution in [0.25, 0.3) is 0 Å². The highest BCUT2D eigenvalue weighted by molar-refractivity contribution is 5.57. The molecule has 0 bridgehead atoms. The maximum absolute atomic E-state index is 5.51. The third kappa shape index (κ3) is 2.88. The third-order valence-electron chi connectivity index (χ3n) is 3.04. The van der Waals surface area contributed by atoms with Crippen molar-refractivity contribution in [2.75, 3.05) is 24.5 Å². The van der Waals surface area contributed by atoms with E-state index in [1.54, 1.807) is 7.11 Å². The summed E-state index contributed by atoms with van der Waals surface area (Å²) < 4.78 is 5.12. The first-order valence-electron chi connectivity index (χ1n) is 6.26. The summed E-state index contributed by atoms with van der Waals surface area (Å²) in [5.41, 5.74) is 3.58. The van der Waals surface area contributed by atoms with Crippen molar-refractivity contribution in [3.05, 3.63) is 11.4 Å². The van der Waals surface area contributed by atoms with E-state index in [9.17, 15) is 0 Å². The Kier molecular flexibility index (Phi) is 3.98. The molecule has 1 aliphatic carbocycles. The van der Waals surface area contributed by atoms with E-state index in [4.69, 9.17) is 10.6 Å². The molecule has 1 aromatic rings. The average Bonchev–Trinajstić information content (AvgIpc) is 3.16. The number of hydrazine groups is 1. The molecule has 1 unspecified atom stereocenters. The molecule has 1 saturated carbocycles. The van der Waals surface area contributed by atoms with Crippen LogP contribution in [-0.2, 0) is 4.74 Å². The van der Waals surface area contributed by atoms with E-state index in [2.05, 4.69) is 27.6 Å². The molecule has 1 heterocycles. The van der Waals surface area contributed by atoms with Crippen molar-refractivity contribution in [3.8, 4) is 0 Å². The number of methoxy groups -OCH3 is 1. The van der Waals surface area contributed by atoms with E-state index < -0.39 is 0 Å². The molecule has 1 aliphatic rings. The van der Waals surface area contributed by atoms with Crippen LogP contribution in [-0.4, -0.2) is 29.7 Å². The fraction of sp³-hybridized carbons (Fsp3) is 0.667. The van der Waals surface area contributed by atoms with Crippen molar-refractivity contribution < 1.29 is 4.74 Å². The van der Waals surface area contributed by atoms with Crippen LogP contribution in [0.3, 0.4) is 0 Å². The molecule has 1 fully saturated rings. The minimum absolute atomic E-state index is 0.196. The molecule has 0 aliphatic heterocycles. The summed E-state index contributed by atoms with van der Waals surface area (Å²) in [4.78, 5) is 9.04. The van der Waals surface area contributed by atoms with E-state index in [-0.39, 0.29) is 6.04 Å². The van der Waals surface area contributed by atoms with Crippen LogP contribution in [0.1, 0.15) is 37.1 Å². The zero-order valence-corrected chi connectivity index (χ0v) is 11.2. The topological polar surface area (TPSA) is 85.1 Å². The fourth-order valence-corrected chi connectivity index (χ4v) is 1.86. The molecule has 0 radical (unpaired) electrons. The molecule has 2 rings (SSSR count). The van der Waals surface area contributed by atoms with Crippen molar-refractivity contribution in [2.45, 2.75) is 38.6 Å². The Labute approximate surface area is 107 Å². The second kappa shape index (κ2) is 5.49. The molecule has 0 amide bonds. The highest BCUT2D eigenvalue weighted by Gasteiger charge is 2.28. The van der Waals surface area contributed by atoms with Gasteiger partial charge in [0.15, 0.2) is 0 Å². The Morgan fingerprint density at radius 3 is 2.61 bits per heavy atom. The van der Waals surface area contributed by atoms with Crippen molar-refractivity contribution in [3.63, 3.8) is 0 Å². The first-order valence-corrected chi connectivity index (χ1v) is 6.26. The van der Waals surface area contributed by atoms with Crippen molar-refractivity contribution in [1.82, 2.24) is 9.97 Å². The maximum Gasteiger partial charge on any atom is 0.148 e. The zero-order valence-electron chi connectivity index (χ0n) is 11.2. The number of nitrogen functional groups attached to an aromatic ring is 1. The van der Waals surface area contributed by atoms with Gasteiger partial charge in [0.25, 0.3) is 0 Å². The number of hydrogen-bond donors (Lipinski definition) is 3. The van der Waals surface area contributed by atoms with E-state index in [1.807, 2.05) is 6.92 Å². The van der Waals surface area contributed by atoms with Crippen molar-refractivity contribution >= 4 is 11.6 Å². The van der Waals surface area contributed by atoms with Crippen LogP contribution >= 0.6 is 0 Å². The van der Waals surface area contributed by atoms with Gasteiger partial charge in [-0.1, -0.05) is 0 Å². The Bertz CT molecular complexity index is 419. The molecule has 6 heteroatoms. The van der Waals surface area contributed by atoms with Crippen LogP contribution in [0.2, 0.25) is 0 Å². The third-order valence-corrected chi connectivity index (χ3v) is 3.04. The van der Waals surface area contributed by atoms with Crippen LogP contribution < -0.4 is 16.6 Å². The zero-order chi connectivity index (χ0) is 13.1. The normalized spacial score (nSPS) is 16.4. The summed E-state index contributed by atoms with van der Waals surface area (Å²) in [6, 6.07) is 0.196. The van der Waals surface area contributed by atoms with Crippen molar-refractivity contribution in [1.29, 1.82) is 0 Å². The fourth-order valence-electron chi connectivity index (χ4n) is 1.86. The van der Waals surface area contributed by atoms with Crippen LogP contribution in [0, 0.1) is 6.92 Å². The Morgan fingerprint density at radius 1 is 1.39 bits per heavy atom. The predicted molar refractivity (Wildman–Crippen MR) is 71.5 cm³/mol. The second-order valence-corrected chi connectivity index (χ2v) is 4.82. The van der Waals surface area contributed by atoms with Gasteiger partial charge in [0.2, 0.25) is 0 Å². The van der Waals surface area contributed by atoms with Gasteiger partial charge in [0, 0.05) is 24.6 Å². The maximum atomic E-state index is 5.51. The van der Waals surface area contributed by atoms with E-state index >= 15 is 0 Å². The molecule has 1 atom stereocenters. The summed E-state index contributed by atoms with van der Waals surface area (Å²) in [5, 5.41) is 3.34. The summed E-state index contributed by atoms with van der Waals surface area (Å²) in [7, 11) is 1.69. The molecule has 4 N–H and O–H groups in total. The van der Waals surface area contributed by atoms with Gasteiger partial charge < -0.3 is 15.5 Å². The lowest BCUT2D eigenvalue weighted by Gasteiger charge is -2.17. The van der Waals surface area contributed by atoms with Crippen molar-refractivity contribution in [2.24, 2.45) is 5.84 Å². The van der Waals surface area contributed by atoms with Gasteiger partial charge in [-0.3, -0.25) is 0 Å². The highest BCUT2D eigenvalue weighted by Crippen LogP contribution is 2.39. The second-order valence-electron chi connectivity index (χ2n) is 4.82. The SMILES string of the molecule is COCC(C)Nc1nc(C2CC2)nc(NN)c1C. The number of hydrogen-bond acceptors (Lipinski definition) is 6. The molecule has 0 spiro atoms. The Morgan fingerprint density at radius 2 is 2.06 bits per heavy atom. The summed E-state index contributed by atoms with van der Waals surface area (Å²) in [6.07, 6.45) is 2.33. The number of nitrogens with zero attached hydrogens (tertiary/aromatic N) is 2. The Hall–Kier alpha value is -1.40. The lowest BCUT2D eigenvalue weighted by Crippen LogP contribution is -2.23. The predicted octanol–water partition coefficient (Wildman–Crippen LogP) is 1.39.